The number of phenols is 1. The Bertz CT molecular complexity index is 1450. The number of benzene rings is 2. The number of nitrogens with zero attached hydrogens (tertiary/aromatic N) is 1. The van der Waals surface area contributed by atoms with Crippen molar-refractivity contribution in [3.63, 3.8) is 0 Å². The van der Waals surface area contributed by atoms with Gasteiger partial charge in [0, 0.05) is 18.0 Å². The van der Waals surface area contributed by atoms with Crippen molar-refractivity contribution in [2.24, 2.45) is 0 Å². The number of hydrogen-bond donors (Lipinski definition) is 3. The maximum atomic E-state index is 13.5. The van der Waals surface area contributed by atoms with Crippen molar-refractivity contribution in [1.82, 2.24) is 9.88 Å². The van der Waals surface area contributed by atoms with Gasteiger partial charge in [-0.25, -0.2) is 9.59 Å². The monoisotopic (exact) mass is 568 g/mol. The Kier molecular flexibility index (Phi) is 8.86. The topological polar surface area (TPSA) is 129 Å². The number of H-pyrrole nitrogens is 1. The van der Waals surface area contributed by atoms with Crippen LogP contribution >= 0.6 is 0 Å². The van der Waals surface area contributed by atoms with Gasteiger partial charge in [0.2, 0.25) is 5.56 Å². The number of phenolic OH excluding ortho intramolecular Hbond substituents is 1. The number of ether oxygens (including phenoxy) is 1. The van der Waals surface area contributed by atoms with Crippen LogP contribution < -0.4 is 5.56 Å². The van der Waals surface area contributed by atoms with Crippen LogP contribution in [0.15, 0.2) is 53.3 Å². The van der Waals surface area contributed by atoms with Crippen LogP contribution in [-0.2, 0) is 15.7 Å². The first kappa shape index (κ1) is 30.9. The molecular weight excluding hydrogens is 528 g/mol. The SMILES string of the molecule is CC(C)(C)OC(=O)N(Cc1cccc(C(=O)O)c1)C[C@H](O[Si](C)(C)C(C)(C)C)c1ccc(O)c2[nH]c(=O)ccc12. The van der Waals surface area contributed by atoms with Crippen molar-refractivity contribution in [1.29, 1.82) is 0 Å². The Morgan fingerprint density at radius 1 is 1.02 bits per heavy atom. The van der Waals surface area contributed by atoms with Crippen LogP contribution in [0.2, 0.25) is 18.1 Å². The van der Waals surface area contributed by atoms with Gasteiger partial charge >= 0.3 is 12.1 Å². The Hall–Kier alpha value is -3.63. The third-order valence-corrected chi connectivity index (χ3v) is 11.6. The standard InChI is InChI=1S/C30H40N2O7Si/c1-29(2,3)38-28(37)32(17-19-10-9-11-20(16-19)27(35)36)18-24(39-40(7,8)30(4,5)6)21-12-14-23(33)26-22(21)13-15-25(34)31-26/h9-16,24,33H,17-18H2,1-8H3,(H,31,34)(H,35,36)/t24-/m0/s1. The van der Waals surface area contributed by atoms with E-state index in [4.69, 9.17) is 9.16 Å². The van der Waals surface area contributed by atoms with Crippen molar-refractivity contribution in [3.05, 3.63) is 75.6 Å². The number of aromatic carboxylic acids is 1. The third-order valence-electron chi connectivity index (χ3n) is 7.08. The minimum Gasteiger partial charge on any atom is -0.506 e. The molecule has 1 amide bonds. The summed E-state index contributed by atoms with van der Waals surface area (Å²) in [5, 5.41) is 20.4. The highest BCUT2D eigenvalue weighted by molar-refractivity contribution is 6.74. The lowest BCUT2D eigenvalue weighted by atomic mass is 10.0. The second kappa shape index (κ2) is 11.5. The number of pyridine rings is 1. The summed E-state index contributed by atoms with van der Waals surface area (Å²) in [7, 11) is -2.42. The maximum Gasteiger partial charge on any atom is 0.410 e. The number of aromatic hydroxyl groups is 1. The summed E-state index contributed by atoms with van der Waals surface area (Å²) in [6.45, 7) is 16.1. The second-order valence-corrected chi connectivity index (χ2v) is 17.3. The molecule has 1 aromatic heterocycles. The lowest BCUT2D eigenvalue weighted by Crippen LogP contribution is -2.45. The van der Waals surface area contributed by atoms with Crippen LogP contribution in [0.25, 0.3) is 10.9 Å². The molecule has 0 fully saturated rings. The van der Waals surface area contributed by atoms with Gasteiger partial charge in [-0.05, 0) is 74.3 Å². The van der Waals surface area contributed by atoms with Gasteiger partial charge in [-0.1, -0.05) is 39.0 Å². The highest BCUT2D eigenvalue weighted by Crippen LogP contribution is 2.41. The zero-order valence-corrected chi connectivity index (χ0v) is 25.5. The van der Waals surface area contributed by atoms with Crippen LogP contribution in [0.1, 0.15) is 69.1 Å². The molecule has 0 aliphatic carbocycles. The summed E-state index contributed by atoms with van der Waals surface area (Å²) < 4.78 is 12.6. The fourth-order valence-corrected chi connectivity index (χ4v) is 5.29. The van der Waals surface area contributed by atoms with Crippen LogP contribution in [0.5, 0.6) is 5.75 Å². The predicted octanol–water partition coefficient (Wildman–Crippen LogP) is 6.43. The summed E-state index contributed by atoms with van der Waals surface area (Å²) in [6.07, 6.45) is -1.22. The number of fused-ring (bicyclic) bond motifs is 1. The smallest absolute Gasteiger partial charge is 0.410 e. The van der Waals surface area contributed by atoms with E-state index >= 15 is 0 Å². The van der Waals surface area contributed by atoms with E-state index in [0.29, 0.717) is 16.5 Å². The first-order valence-corrected chi connectivity index (χ1v) is 16.1. The molecule has 0 radical (unpaired) electrons. The Labute approximate surface area is 235 Å². The van der Waals surface area contributed by atoms with Gasteiger partial charge in [-0.3, -0.25) is 4.79 Å². The van der Waals surface area contributed by atoms with Crippen LogP contribution in [-0.4, -0.2) is 52.6 Å². The molecule has 0 aliphatic rings. The summed E-state index contributed by atoms with van der Waals surface area (Å²) in [4.78, 5) is 41.4. The number of carbonyl (C=O) groups is 2. The molecular formula is C30H40N2O7Si. The van der Waals surface area contributed by atoms with Gasteiger partial charge < -0.3 is 29.3 Å². The zero-order chi connectivity index (χ0) is 30.0. The highest BCUT2D eigenvalue weighted by Gasteiger charge is 2.41. The summed E-state index contributed by atoms with van der Waals surface area (Å²) >= 11 is 0. The largest absolute Gasteiger partial charge is 0.506 e. The molecule has 0 aliphatic heterocycles. The summed E-state index contributed by atoms with van der Waals surface area (Å²) in [6, 6.07) is 12.7. The molecule has 3 aromatic rings. The first-order valence-electron chi connectivity index (χ1n) is 13.2. The average Bonchev–Trinajstić information content (AvgIpc) is 2.82. The molecule has 1 atom stereocenters. The molecule has 0 spiro atoms. The fraction of sp³-hybridized carbons (Fsp3) is 0.433. The maximum absolute atomic E-state index is 13.5. The fourth-order valence-electron chi connectivity index (χ4n) is 4.02. The molecule has 3 rings (SSSR count). The second-order valence-electron chi connectivity index (χ2n) is 12.5. The van der Waals surface area contributed by atoms with Crippen molar-refractivity contribution in [2.45, 2.75) is 77.9 Å². The van der Waals surface area contributed by atoms with E-state index in [0.717, 1.165) is 0 Å². The number of nitrogens with one attached hydrogen (secondary N) is 1. The van der Waals surface area contributed by atoms with E-state index in [1.165, 1.54) is 29.2 Å². The number of rotatable bonds is 8. The quantitative estimate of drug-likeness (QED) is 0.267. The number of aromatic nitrogens is 1. The molecule has 0 saturated heterocycles. The Balaban J connectivity index is 2.15. The normalized spacial score (nSPS) is 13.2. The number of carboxylic acids is 1. The van der Waals surface area contributed by atoms with E-state index in [1.54, 1.807) is 45.0 Å². The average molecular weight is 569 g/mol. The van der Waals surface area contributed by atoms with E-state index in [9.17, 15) is 24.6 Å². The number of carbonyl (C=O) groups excluding carboxylic acids is 1. The first-order chi connectivity index (χ1) is 18.4. The van der Waals surface area contributed by atoms with Gasteiger partial charge in [0.05, 0.1) is 23.7 Å². The van der Waals surface area contributed by atoms with Gasteiger partial charge in [0.25, 0.3) is 0 Å². The molecule has 1 heterocycles. The minimum absolute atomic E-state index is 0.0722. The molecule has 9 nitrogen and oxygen atoms in total. The van der Waals surface area contributed by atoms with Gasteiger partial charge in [-0.2, -0.15) is 0 Å². The molecule has 216 valence electrons. The van der Waals surface area contributed by atoms with Crippen molar-refractivity contribution >= 4 is 31.3 Å². The van der Waals surface area contributed by atoms with Gasteiger partial charge in [0.1, 0.15) is 11.4 Å². The van der Waals surface area contributed by atoms with Crippen LogP contribution in [0.3, 0.4) is 0 Å². The number of amides is 1. The summed E-state index contributed by atoms with van der Waals surface area (Å²) in [5.74, 6) is -1.13. The third kappa shape index (κ3) is 7.51. The lowest BCUT2D eigenvalue weighted by Gasteiger charge is -2.41. The predicted molar refractivity (Wildman–Crippen MR) is 157 cm³/mol. The van der Waals surface area contributed by atoms with Gasteiger partial charge in [-0.15, -0.1) is 0 Å². The molecule has 0 saturated carbocycles. The van der Waals surface area contributed by atoms with Crippen LogP contribution in [0, 0.1) is 0 Å². The minimum atomic E-state index is -2.42. The van der Waals surface area contributed by atoms with Crippen LogP contribution in [0.4, 0.5) is 4.79 Å². The van der Waals surface area contributed by atoms with E-state index in [-0.39, 0.29) is 40.5 Å². The number of aromatic amines is 1. The zero-order valence-electron chi connectivity index (χ0n) is 24.5. The molecule has 0 unspecified atom stereocenters. The van der Waals surface area contributed by atoms with Crippen molar-refractivity contribution < 1.29 is 29.0 Å². The lowest BCUT2D eigenvalue weighted by molar-refractivity contribution is 0.0137. The van der Waals surface area contributed by atoms with Crippen molar-refractivity contribution in [2.75, 3.05) is 6.54 Å². The van der Waals surface area contributed by atoms with E-state index < -0.39 is 32.1 Å². The Morgan fingerprint density at radius 3 is 2.30 bits per heavy atom. The number of carboxylic acid groups (broad SMARTS) is 1. The van der Waals surface area contributed by atoms with E-state index in [2.05, 4.69) is 38.8 Å². The number of hydrogen-bond acceptors (Lipinski definition) is 6. The summed E-state index contributed by atoms with van der Waals surface area (Å²) in [5.41, 5.74) is 0.601. The van der Waals surface area contributed by atoms with Gasteiger partial charge in [0.15, 0.2) is 8.32 Å². The highest BCUT2D eigenvalue weighted by atomic mass is 28.4. The Morgan fingerprint density at radius 2 is 1.70 bits per heavy atom. The van der Waals surface area contributed by atoms with Crippen molar-refractivity contribution in [3.8, 4) is 5.75 Å². The molecule has 0 bridgehead atoms. The van der Waals surface area contributed by atoms with E-state index in [1.807, 2.05) is 0 Å². The molecule has 40 heavy (non-hydrogen) atoms. The molecule has 10 heteroatoms. The molecule has 3 N–H and O–H groups in total. The molecule has 2 aromatic carbocycles.